The Hall–Kier alpha value is -4.20. The van der Waals surface area contributed by atoms with E-state index in [2.05, 4.69) is 10.3 Å². The topological polar surface area (TPSA) is 91.8 Å². The van der Waals surface area contributed by atoms with Gasteiger partial charge in [-0.25, -0.2) is 9.69 Å². The molecule has 8 heteroatoms. The molecule has 1 aromatic heterocycles. The van der Waals surface area contributed by atoms with E-state index in [9.17, 15) is 14.4 Å². The molecule has 1 aliphatic rings. The van der Waals surface area contributed by atoms with Gasteiger partial charge in [0.2, 0.25) is 5.91 Å². The molecule has 0 bridgehead atoms. The number of aromatic nitrogens is 1. The van der Waals surface area contributed by atoms with Crippen LogP contribution >= 0.6 is 0 Å². The molecule has 1 N–H and O–H groups in total. The smallest absolute Gasteiger partial charge is 0.332 e. The number of urea groups is 1. The number of anilines is 2. The van der Waals surface area contributed by atoms with Gasteiger partial charge in [-0.3, -0.25) is 14.6 Å². The first-order valence-corrected chi connectivity index (χ1v) is 10.7. The summed E-state index contributed by atoms with van der Waals surface area (Å²) < 4.78 is 5.41. The molecule has 33 heavy (non-hydrogen) atoms. The van der Waals surface area contributed by atoms with Crippen molar-refractivity contribution >= 4 is 29.2 Å². The third kappa shape index (κ3) is 5.01. The summed E-state index contributed by atoms with van der Waals surface area (Å²) in [5.74, 6) is -0.0958. The number of rotatable bonds is 8. The van der Waals surface area contributed by atoms with Crippen LogP contribution in [0.15, 0.2) is 79.1 Å². The number of nitrogens with zero attached hydrogens (tertiary/aromatic N) is 3. The summed E-state index contributed by atoms with van der Waals surface area (Å²) >= 11 is 0. The van der Waals surface area contributed by atoms with E-state index < -0.39 is 18.0 Å². The molecule has 4 amide bonds. The molecule has 0 unspecified atom stereocenters. The predicted molar refractivity (Wildman–Crippen MR) is 124 cm³/mol. The van der Waals surface area contributed by atoms with Crippen molar-refractivity contribution in [2.75, 3.05) is 16.8 Å². The maximum atomic E-state index is 13.3. The van der Waals surface area contributed by atoms with Gasteiger partial charge < -0.3 is 15.0 Å². The lowest BCUT2D eigenvalue weighted by molar-refractivity contribution is -0.124. The summed E-state index contributed by atoms with van der Waals surface area (Å²) in [5.41, 5.74) is 1.82. The Bertz CT molecular complexity index is 1120. The van der Waals surface area contributed by atoms with Gasteiger partial charge in [-0.15, -0.1) is 0 Å². The number of amides is 4. The molecular weight excluding hydrogens is 420 g/mol. The predicted octanol–water partition coefficient (Wildman–Crippen LogP) is 3.85. The first-order chi connectivity index (χ1) is 16.1. The summed E-state index contributed by atoms with van der Waals surface area (Å²) in [4.78, 5) is 46.0. The van der Waals surface area contributed by atoms with E-state index in [1.807, 2.05) is 19.1 Å². The first kappa shape index (κ1) is 22.0. The van der Waals surface area contributed by atoms with E-state index in [-0.39, 0.29) is 18.9 Å². The fraction of sp³-hybridized carbons (Fsp3) is 0.200. The van der Waals surface area contributed by atoms with Crippen LogP contribution < -0.4 is 15.0 Å². The van der Waals surface area contributed by atoms with E-state index in [4.69, 9.17) is 4.74 Å². The summed E-state index contributed by atoms with van der Waals surface area (Å²) in [6.07, 6.45) is 3.11. The van der Waals surface area contributed by atoms with Crippen molar-refractivity contribution in [3.63, 3.8) is 0 Å². The van der Waals surface area contributed by atoms with Gasteiger partial charge in [-0.05, 0) is 55.0 Å². The molecule has 0 radical (unpaired) electrons. The molecule has 0 spiro atoms. The number of benzene rings is 2. The fourth-order valence-electron chi connectivity index (χ4n) is 3.71. The van der Waals surface area contributed by atoms with Gasteiger partial charge >= 0.3 is 6.03 Å². The Morgan fingerprint density at radius 3 is 2.45 bits per heavy atom. The van der Waals surface area contributed by atoms with Crippen LogP contribution in [-0.4, -0.2) is 40.4 Å². The highest BCUT2D eigenvalue weighted by Gasteiger charge is 2.46. The van der Waals surface area contributed by atoms with Crippen molar-refractivity contribution in [3.8, 4) is 5.75 Å². The Labute approximate surface area is 191 Å². The average molecular weight is 444 g/mol. The number of hydrogen-bond donors (Lipinski definition) is 1. The van der Waals surface area contributed by atoms with E-state index in [0.29, 0.717) is 23.7 Å². The van der Waals surface area contributed by atoms with E-state index in [0.717, 1.165) is 10.5 Å². The Kier molecular flexibility index (Phi) is 6.64. The summed E-state index contributed by atoms with van der Waals surface area (Å²) in [6, 6.07) is 17.9. The number of para-hydroxylation sites is 1. The first-order valence-electron chi connectivity index (χ1n) is 10.7. The third-order valence-corrected chi connectivity index (χ3v) is 5.24. The van der Waals surface area contributed by atoms with Crippen molar-refractivity contribution < 1.29 is 19.1 Å². The Balaban J connectivity index is 1.54. The second kappa shape index (κ2) is 9.95. The van der Waals surface area contributed by atoms with Crippen LogP contribution in [0, 0.1) is 0 Å². The van der Waals surface area contributed by atoms with Crippen LogP contribution in [0.3, 0.4) is 0 Å². The zero-order chi connectivity index (χ0) is 23.2. The van der Waals surface area contributed by atoms with Crippen molar-refractivity contribution in [1.29, 1.82) is 0 Å². The molecular formula is C25H24N4O4. The molecule has 0 aliphatic carbocycles. The largest absolute Gasteiger partial charge is 0.494 e. The van der Waals surface area contributed by atoms with Crippen molar-refractivity contribution in [1.82, 2.24) is 9.88 Å². The monoisotopic (exact) mass is 444 g/mol. The zero-order valence-corrected chi connectivity index (χ0v) is 18.2. The fourth-order valence-corrected chi connectivity index (χ4v) is 3.71. The highest BCUT2D eigenvalue weighted by atomic mass is 16.5. The SMILES string of the molecule is CCOc1ccc(NC(=O)C[C@@H]2C(=O)N(c3ccccc3)C(=O)N2Cc2cccnc2)cc1. The van der Waals surface area contributed by atoms with Crippen molar-refractivity contribution in [2.45, 2.75) is 25.9 Å². The Morgan fingerprint density at radius 1 is 1.03 bits per heavy atom. The number of carbonyl (C=O) groups is 3. The quantitative estimate of drug-likeness (QED) is 0.533. The van der Waals surface area contributed by atoms with Crippen LogP contribution in [0.25, 0.3) is 0 Å². The van der Waals surface area contributed by atoms with Gasteiger partial charge in [0, 0.05) is 24.6 Å². The minimum Gasteiger partial charge on any atom is -0.494 e. The molecule has 2 aromatic carbocycles. The average Bonchev–Trinajstić information content (AvgIpc) is 3.05. The molecule has 1 fully saturated rings. The van der Waals surface area contributed by atoms with Crippen LogP contribution in [0.2, 0.25) is 0 Å². The van der Waals surface area contributed by atoms with Gasteiger partial charge in [0.1, 0.15) is 11.8 Å². The summed E-state index contributed by atoms with van der Waals surface area (Å²) in [6.45, 7) is 2.61. The lowest BCUT2D eigenvalue weighted by atomic mass is 10.1. The molecule has 0 saturated carbocycles. The number of carbonyl (C=O) groups excluding carboxylic acids is 3. The van der Waals surface area contributed by atoms with E-state index in [1.54, 1.807) is 67.0 Å². The normalized spacial score (nSPS) is 15.6. The number of ether oxygens (including phenoxy) is 1. The highest BCUT2D eigenvalue weighted by molar-refractivity contribution is 6.22. The number of pyridine rings is 1. The molecule has 1 aliphatic heterocycles. The molecule has 168 valence electrons. The minimum atomic E-state index is -0.930. The van der Waals surface area contributed by atoms with Crippen molar-refractivity contribution in [3.05, 3.63) is 84.7 Å². The maximum Gasteiger partial charge on any atom is 0.332 e. The number of hydrogen-bond acceptors (Lipinski definition) is 5. The van der Waals surface area contributed by atoms with Gasteiger partial charge in [0.05, 0.1) is 18.7 Å². The molecule has 1 atom stereocenters. The minimum absolute atomic E-state index is 0.165. The zero-order valence-electron chi connectivity index (χ0n) is 18.2. The highest BCUT2D eigenvalue weighted by Crippen LogP contribution is 2.28. The summed E-state index contributed by atoms with van der Waals surface area (Å²) in [7, 11) is 0. The second-order valence-electron chi connectivity index (χ2n) is 7.51. The Morgan fingerprint density at radius 2 is 1.79 bits per heavy atom. The van der Waals surface area contributed by atoms with Gasteiger partial charge in [0.15, 0.2) is 0 Å². The van der Waals surface area contributed by atoms with Crippen molar-refractivity contribution in [2.24, 2.45) is 0 Å². The summed E-state index contributed by atoms with van der Waals surface area (Å²) in [5, 5.41) is 2.80. The molecule has 8 nitrogen and oxygen atoms in total. The molecule has 1 saturated heterocycles. The molecule has 2 heterocycles. The van der Waals surface area contributed by atoms with Gasteiger partial charge in [-0.2, -0.15) is 0 Å². The second-order valence-corrected chi connectivity index (χ2v) is 7.51. The standard InChI is InChI=1S/C25H24N4O4/c1-2-33-21-12-10-19(11-13-21)27-23(30)15-22-24(31)29(20-8-4-3-5-9-20)25(32)28(22)17-18-7-6-14-26-16-18/h3-14,16,22H,2,15,17H2,1H3,(H,27,30)/t22-/m1/s1. The van der Waals surface area contributed by atoms with Gasteiger partial charge in [-0.1, -0.05) is 24.3 Å². The lowest BCUT2D eigenvalue weighted by Gasteiger charge is -2.21. The van der Waals surface area contributed by atoms with Crippen LogP contribution in [0.1, 0.15) is 18.9 Å². The van der Waals surface area contributed by atoms with Gasteiger partial charge in [0.25, 0.3) is 5.91 Å². The maximum absolute atomic E-state index is 13.3. The number of nitrogens with one attached hydrogen (secondary N) is 1. The van der Waals surface area contributed by atoms with Crippen LogP contribution in [0.5, 0.6) is 5.75 Å². The van der Waals surface area contributed by atoms with Crippen LogP contribution in [-0.2, 0) is 16.1 Å². The lowest BCUT2D eigenvalue weighted by Crippen LogP contribution is -2.37. The molecule has 4 rings (SSSR count). The molecule has 3 aromatic rings. The van der Waals surface area contributed by atoms with E-state index >= 15 is 0 Å². The number of imide groups is 1. The van der Waals surface area contributed by atoms with Crippen LogP contribution in [0.4, 0.5) is 16.2 Å². The third-order valence-electron chi connectivity index (χ3n) is 5.24. The van der Waals surface area contributed by atoms with E-state index in [1.165, 1.54) is 4.90 Å².